The van der Waals surface area contributed by atoms with Crippen molar-refractivity contribution in [1.82, 2.24) is 14.5 Å². The first-order chi connectivity index (χ1) is 15.9. The number of nitrogens with zero attached hydrogens (tertiary/aromatic N) is 2. The van der Waals surface area contributed by atoms with Gasteiger partial charge in [0.2, 0.25) is 11.7 Å². The number of ketones is 1. The van der Waals surface area contributed by atoms with E-state index >= 15 is 4.39 Å². The Labute approximate surface area is 187 Å². The fourth-order valence-corrected chi connectivity index (χ4v) is 4.47. The average molecular weight is 495 g/mol. The molecule has 4 rings (SSSR count). The van der Waals surface area contributed by atoms with E-state index in [1.807, 2.05) is 0 Å². The summed E-state index contributed by atoms with van der Waals surface area (Å²) in [5.74, 6) is -7.45. The number of aromatic nitrogens is 3. The van der Waals surface area contributed by atoms with Gasteiger partial charge in [0.15, 0.2) is 10.7 Å². The third-order valence-corrected chi connectivity index (χ3v) is 6.36. The van der Waals surface area contributed by atoms with Gasteiger partial charge in [-0.2, -0.15) is 4.98 Å². The van der Waals surface area contributed by atoms with E-state index in [9.17, 15) is 31.2 Å². The number of carbonyl (C=O) groups excluding carboxylic acids is 1. The van der Waals surface area contributed by atoms with Gasteiger partial charge in [-0.1, -0.05) is 6.07 Å². The van der Waals surface area contributed by atoms with E-state index < -0.39 is 66.3 Å². The Hall–Kier alpha value is -4.20. The minimum absolute atomic E-state index is 0.114. The fraction of sp³-hybridized carbons (Fsp3) is 0.0500. The molecule has 14 heteroatoms. The predicted octanol–water partition coefficient (Wildman–Crippen LogP) is 2.43. The van der Waals surface area contributed by atoms with Crippen LogP contribution in [0.15, 0.2) is 46.2 Å². The highest BCUT2D eigenvalue weighted by Gasteiger charge is 2.29. The molecule has 0 aliphatic rings. The lowest BCUT2D eigenvalue weighted by molar-refractivity contribution is 0.103. The molecule has 0 saturated carbocycles. The molecule has 0 saturated heterocycles. The smallest absolute Gasteiger partial charge is 0.267 e. The highest BCUT2D eigenvalue weighted by molar-refractivity contribution is 7.92. The van der Waals surface area contributed by atoms with Gasteiger partial charge in [0, 0.05) is 13.2 Å². The molecule has 0 aliphatic carbocycles. The molecule has 34 heavy (non-hydrogen) atoms. The zero-order valence-electron chi connectivity index (χ0n) is 17.0. The van der Waals surface area contributed by atoms with Crippen molar-refractivity contribution in [2.45, 2.75) is 4.90 Å². The monoisotopic (exact) mass is 495 g/mol. The average Bonchev–Trinajstić information content (AvgIpc) is 3.17. The van der Waals surface area contributed by atoms with Crippen LogP contribution in [0.5, 0.6) is 0 Å². The zero-order chi connectivity index (χ0) is 24.9. The van der Waals surface area contributed by atoms with Crippen molar-refractivity contribution in [3.8, 4) is 0 Å². The predicted molar refractivity (Wildman–Crippen MR) is 113 cm³/mol. The van der Waals surface area contributed by atoms with Crippen LogP contribution in [0.3, 0.4) is 0 Å². The van der Waals surface area contributed by atoms with E-state index in [0.29, 0.717) is 24.3 Å². The van der Waals surface area contributed by atoms with E-state index in [2.05, 4.69) is 9.97 Å². The van der Waals surface area contributed by atoms with Crippen molar-refractivity contribution >= 4 is 38.5 Å². The third kappa shape index (κ3) is 3.57. The van der Waals surface area contributed by atoms with Gasteiger partial charge in [-0.05, 0) is 24.3 Å². The molecular formula is C20H13F4N5O4S. The summed E-state index contributed by atoms with van der Waals surface area (Å²) in [6, 6.07) is 3.48. The molecule has 176 valence electrons. The number of fused-ring (bicyclic) bond motifs is 1. The number of anilines is 2. The van der Waals surface area contributed by atoms with Crippen molar-refractivity contribution < 1.29 is 30.8 Å². The topological polar surface area (TPSA) is 140 Å². The van der Waals surface area contributed by atoms with Crippen molar-refractivity contribution in [3.63, 3.8) is 0 Å². The van der Waals surface area contributed by atoms with Crippen molar-refractivity contribution in [2.24, 2.45) is 7.05 Å². The summed E-state index contributed by atoms with van der Waals surface area (Å²) in [7, 11) is -3.75. The van der Waals surface area contributed by atoms with Gasteiger partial charge in [-0.15, -0.1) is 0 Å². The van der Waals surface area contributed by atoms with Gasteiger partial charge >= 0.3 is 0 Å². The molecule has 0 spiro atoms. The molecular weight excluding hydrogens is 482 g/mol. The Morgan fingerprint density at radius 1 is 1.09 bits per heavy atom. The highest BCUT2D eigenvalue weighted by atomic mass is 32.2. The number of nitrogen functional groups attached to an aromatic ring is 1. The van der Waals surface area contributed by atoms with Crippen LogP contribution in [0.4, 0.5) is 29.2 Å². The van der Waals surface area contributed by atoms with E-state index in [4.69, 9.17) is 5.73 Å². The van der Waals surface area contributed by atoms with Crippen LogP contribution in [0.25, 0.3) is 11.0 Å². The van der Waals surface area contributed by atoms with Gasteiger partial charge in [0.05, 0.1) is 22.2 Å². The second-order valence-corrected chi connectivity index (χ2v) is 8.65. The van der Waals surface area contributed by atoms with Crippen LogP contribution in [0, 0.1) is 23.3 Å². The molecule has 0 fully saturated rings. The van der Waals surface area contributed by atoms with Crippen LogP contribution in [0.2, 0.25) is 0 Å². The largest absolute Gasteiger partial charge is 0.369 e. The van der Waals surface area contributed by atoms with Crippen LogP contribution >= 0.6 is 0 Å². The standard InChI is InChI=1S/C20H13F4N5O4S/c1-29-19(31)13-8(7-26-18(13)27-20(29)25)16(30)14-9(21)5-6-12(15(14)24)28-34(32,33)17-10(22)3-2-4-11(17)23/h2-7,26,28H,1H3,(H2,25,27). The molecule has 0 amide bonds. The Morgan fingerprint density at radius 3 is 2.38 bits per heavy atom. The number of rotatable bonds is 5. The number of nitrogens with two attached hydrogens (primary N) is 1. The maximum absolute atomic E-state index is 15.2. The van der Waals surface area contributed by atoms with E-state index in [1.165, 1.54) is 7.05 Å². The summed E-state index contributed by atoms with van der Waals surface area (Å²) in [5, 5.41) is -0.306. The molecule has 4 aromatic rings. The number of carbonyl (C=O) groups is 1. The first-order valence-corrected chi connectivity index (χ1v) is 10.8. The summed E-state index contributed by atoms with van der Waals surface area (Å²) in [4.78, 5) is 30.5. The van der Waals surface area contributed by atoms with Gasteiger partial charge in [-0.25, -0.2) is 26.0 Å². The normalized spacial score (nSPS) is 11.7. The number of nitrogens with one attached hydrogen (secondary N) is 2. The SMILES string of the molecule is Cn1c(N)nc2[nH]cc(C(=O)c3c(F)ccc(NS(=O)(=O)c4c(F)cccc4F)c3F)c2c1=O. The molecule has 2 aromatic carbocycles. The number of hydrogen-bond donors (Lipinski definition) is 3. The molecule has 0 bridgehead atoms. The molecule has 0 unspecified atom stereocenters. The van der Waals surface area contributed by atoms with E-state index in [0.717, 1.165) is 16.8 Å². The van der Waals surface area contributed by atoms with Gasteiger partial charge in [0.25, 0.3) is 15.6 Å². The lowest BCUT2D eigenvalue weighted by Crippen LogP contribution is -2.23. The number of aromatic amines is 1. The number of H-pyrrole nitrogens is 1. The second kappa shape index (κ2) is 7.98. The van der Waals surface area contributed by atoms with Crippen LogP contribution in [-0.4, -0.2) is 28.7 Å². The first-order valence-electron chi connectivity index (χ1n) is 9.27. The van der Waals surface area contributed by atoms with Crippen LogP contribution in [0.1, 0.15) is 15.9 Å². The van der Waals surface area contributed by atoms with Gasteiger partial charge in [0.1, 0.15) is 23.1 Å². The maximum atomic E-state index is 15.2. The second-order valence-electron chi connectivity index (χ2n) is 7.03. The summed E-state index contributed by atoms with van der Waals surface area (Å²) in [6.07, 6.45) is 0.991. The third-order valence-electron chi connectivity index (χ3n) is 4.94. The Kier molecular flexibility index (Phi) is 5.39. The zero-order valence-corrected chi connectivity index (χ0v) is 17.8. The summed E-state index contributed by atoms with van der Waals surface area (Å²) < 4.78 is 85.0. The number of sulfonamides is 1. The van der Waals surface area contributed by atoms with Gasteiger partial charge < -0.3 is 10.7 Å². The highest BCUT2D eigenvalue weighted by Crippen LogP contribution is 2.28. The summed E-state index contributed by atoms with van der Waals surface area (Å²) in [5.41, 5.74) is 2.07. The van der Waals surface area contributed by atoms with Crippen molar-refractivity contribution in [2.75, 3.05) is 10.5 Å². The fourth-order valence-electron chi connectivity index (χ4n) is 3.27. The summed E-state index contributed by atoms with van der Waals surface area (Å²) in [6.45, 7) is 0. The molecule has 9 nitrogen and oxygen atoms in total. The molecule has 0 aliphatic heterocycles. The number of hydrogen-bond acceptors (Lipinski definition) is 6. The van der Waals surface area contributed by atoms with Gasteiger partial charge in [-0.3, -0.25) is 18.9 Å². The molecule has 4 N–H and O–H groups in total. The van der Waals surface area contributed by atoms with Crippen LogP contribution < -0.4 is 16.0 Å². The Bertz CT molecular complexity index is 1640. The van der Waals surface area contributed by atoms with Crippen LogP contribution in [-0.2, 0) is 17.1 Å². The Morgan fingerprint density at radius 2 is 1.74 bits per heavy atom. The quantitative estimate of drug-likeness (QED) is 0.287. The van der Waals surface area contributed by atoms with E-state index in [1.54, 1.807) is 4.72 Å². The molecule has 0 radical (unpaired) electrons. The Balaban J connectivity index is 1.83. The minimum Gasteiger partial charge on any atom is -0.369 e. The van der Waals surface area contributed by atoms with Crippen molar-refractivity contribution in [3.05, 3.63) is 81.3 Å². The first kappa shape index (κ1) is 23.0. The lowest BCUT2D eigenvalue weighted by Gasteiger charge is -2.13. The summed E-state index contributed by atoms with van der Waals surface area (Å²) >= 11 is 0. The minimum atomic E-state index is -5.02. The maximum Gasteiger partial charge on any atom is 0.267 e. The molecule has 2 heterocycles. The molecule has 2 aromatic heterocycles. The van der Waals surface area contributed by atoms with Crippen molar-refractivity contribution in [1.29, 1.82) is 0 Å². The lowest BCUT2D eigenvalue weighted by atomic mass is 10.0. The molecule has 0 atom stereocenters. The van der Waals surface area contributed by atoms with E-state index in [-0.39, 0.29) is 17.0 Å². The number of halogens is 4. The number of benzene rings is 2.